The minimum atomic E-state index is -0.927. The first-order valence-corrected chi connectivity index (χ1v) is 7.74. The Labute approximate surface area is 134 Å². The molecule has 2 aromatic rings. The SMILES string of the molecule is Cc1cc(C2(C(=O)O)CCC2)cc(F)c1OCc1ccccc1. The molecule has 1 fully saturated rings. The fraction of sp³-hybridized carbons (Fsp3) is 0.316. The molecule has 0 amide bonds. The molecule has 1 N–H and O–H groups in total. The highest BCUT2D eigenvalue weighted by molar-refractivity contribution is 5.82. The van der Waals surface area contributed by atoms with Crippen molar-refractivity contribution in [3.05, 3.63) is 65.0 Å². The average Bonchev–Trinajstić information content (AvgIpc) is 2.46. The monoisotopic (exact) mass is 314 g/mol. The van der Waals surface area contributed by atoms with E-state index in [9.17, 15) is 14.3 Å². The van der Waals surface area contributed by atoms with E-state index in [-0.39, 0.29) is 12.4 Å². The van der Waals surface area contributed by atoms with Crippen LogP contribution in [0, 0.1) is 12.7 Å². The van der Waals surface area contributed by atoms with Gasteiger partial charge in [0.1, 0.15) is 6.61 Å². The summed E-state index contributed by atoms with van der Waals surface area (Å²) in [4.78, 5) is 11.6. The van der Waals surface area contributed by atoms with E-state index in [1.807, 2.05) is 30.3 Å². The maximum absolute atomic E-state index is 14.4. The fourth-order valence-corrected chi connectivity index (χ4v) is 3.08. The van der Waals surface area contributed by atoms with Gasteiger partial charge in [-0.3, -0.25) is 4.79 Å². The molecular formula is C19H19FO3. The first kappa shape index (κ1) is 15.5. The zero-order valence-electron chi connectivity index (χ0n) is 13.0. The van der Waals surface area contributed by atoms with Gasteiger partial charge in [0, 0.05) is 0 Å². The summed E-state index contributed by atoms with van der Waals surface area (Å²) < 4.78 is 20.1. The summed E-state index contributed by atoms with van der Waals surface area (Å²) in [6.45, 7) is 2.03. The van der Waals surface area contributed by atoms with Crippen LogP contribution in [-0.2, 0) is 16.8 Å². The number of benzene rings is 2. The third-order valence-corrected chi connectivity index (χ3v) is 4.62. The van der Waals surface area contributed by atoms with Crippen molar-refractivity contribution < 1.29 is 19.0 Å². The van der Waals surface area contributed by atoms with Crippen LogP contribution in [0.2, 0.25) is 0 Å². The van der Waals surface area contributed by atoms with Crippen LogP contribution in [-0.4, -0.2) is 11.1 Å². The summed E-state index contributed by atoms with van der Waals surface area (Å²) in [6, 6.07) is 12.6. The zero-order chi connectivity index (χ0) is 16.4. The topological polar surface area (TPSA) is 46.5 Å². The molecule has 0 radical (unpaired) electrons. The largest absolute Gasteiger partial charge is 0.486 e. The zero-order valence-corrected chi connectivity index (χ0v) is 13.0. The van der Waals surface area contributed by atoms with Crippen molar-refractivity contribution in [2.45, 2.75) is 38.2 Å². The Morgan fingerprint density at radius 1 is 1.26 bits per heavy atom. The third kappa shape index (κ3) is 2.81. The number of aryl methyl sites for hydroxylation is 1. The lowest BCUT2D eigenvalue weighted by molar-refractivity contribution is -0.147. The summed E-state index contributed by atoms with van der Waals surface area (Å²) in [5.74, 6) is -1.18. The van der Waals surface area contributed by atoms with Gasteiger partial charge in [0.25, 0.3) is 0 Å². The van der Waals surface area contributed by atoms with Crippen LogP contribution in [0.4, 0.5) is 4.39 Å². The van der Waals surface area contributed by atoms with Crippen LogP contribution in [0.25, 0.3) is 0 Å². The smallest absolute Gasteiger partial charge is 0.314 e. The Balaban J connectivity index is 1.85. The number of halogens is 1. The Hall–Kier alpha value is -2.36. The van der Waals surface area contributed by atoms with Crippen molar-refractivity contribution in [1.82, 2.24) is 0 Å². The minimum absolute atomic E-state index is 0.192. The molecule has 1 saturated carbocycles. The standard InChI is InChI=1S/C19H19FO3/c1-13-10-15(19(18(21)22)8-5-9-19)11-16(20)17(13)23-12-14-6-3-2-4-7-14/h2-4,6-7,10-11H,5,8-9,12H2,1H3,(H,21,22). The lowest BCUT2D eigenvalue weighted by Gasteiger charge is -2.38. The number of aliphatic carboxylic acids is 1. The van der Waals surface area contributed by atoms with E-state index in [4.69, 9.17) is 4.74 Å². The molecule has 0 saturated heterocycles. The third-order valence-electron chi connectivity index (χ3n) is 4.62. The first-order chi connectivity index (χ1) is 11.0. The Bertz CT molecular complexity index is 698. The van der Waals surface area contributed by atoms with Crippen LogP contribution in [0.5, 0.6) is 5.75 Å². The summed E-state index contributed by atoms with van der Waals surface area (Å²) >= 11 is 0. The lowest BCUT2D eigenvalue weighted by atomic mass is 9.64. The number of carbonyl (C=O) groups is 1. The predicted octanol–water partition coefficient (Wildman–Crippen LogP) is 4.22. The average molecular weight is 314 g/mol. The van der Waals surface area contributed by atoms with E-state index < -0.39 is 17.2 Å². The summed E-state index contributed by atoms with van der Waals surface area (Å²) in [7, 11) is 0. The Morgan fingerprint density at radius 2 is 1.96 bits per heavy atom. The van der Waals surface area contributed by atoms with Crippen molar-refractivity contribution in [1.29, 1.82) is 0 Å². The Kier molecular flexibility index (Phi) is 4.07. The number of carboxylic acids is 1. The van der Waals surface area contributed by atoms with Crippen molar-refractivity contribution in [2.75, 3.05) is 0 Å². The normalized spacial score (nSPS) is 15.7. The number of hydrogen-bond donors (Lipinski definition) is 1. The van der Waals surface area contributed by atoms with Gasteiger partial charge in [-0.25, -0.2) is 4.39 Å². The summed E-state index contributed by atoms with van der Waals surface area (Å²) in [6.07, 6.45) is 1.98. The Morgan fingerprint density at radius 3 is 2.48 bits per heavy atom. The second-order valence-electron chi connectivity index (χ2n) is 6.12. The van der Waals surface area contributed by atoms with E-state index in [2.05, 4.69) is 0 Å². The van der Waals surface area contributed by atoms with Gasteiger partial charge in [-0.15, -0.1) is 0 Å². The second-order valence-corrected chi connectivity index (χ2v) is 6.12. The van der Waals surface area contributed by atoms with Gasteiger partial charge in [-0.2, -0.15) is 0 Å². The maximum Gasteiger partial charge on any atom is 0.314 e. The highest BCUT2D eigenvalue weighted by Gasteiger charge is 2.46. The van der Waals surface area contributed by atoms with E-state index in [0.717, 1.165) is 12.0 Å². The van der Waals surface area contributed by atoms with Gasteiger partial charge >= 0.3 is 5.97 Å². The highest BCUT2D eigenvalue weighted by atomic mass is 19.1. The van der Waals surface area contributed by atoms with E-state index in [1.54, 1.807) is 13.0 Å². The molecular weight excluding hydrogens is 295 g/mol. The van der Waals surface area contributed by atoms with Crippen molar-refractivity contribution in [3.63, 3.8) is 0 Å². The van der Waals surface area contributed by atoms with Gasteiger partial charge in [0.05, 0.1) is 5.41 Å². The van der Waals surface area contributed by atoms with Gasteiger partial charge < -0.3 is 9.84 Å². The molecule has 0 bridgehead atoms. The number of carboxylic acid groups (broad SMARTS) is 1. The second kappa shape index (κ2) is 6.03. The first-order valence-electron chi connectivity index (χ1n) is 7.74. The lowest BCUT2D eigenvalue weighted by Crippen LogP contribution is -2.42. The maximum atomic E-state index is 14.4. The van der Waals surface area contributed by atoms with E-state index in [0.29, 0.717) is 24.0 Å². The summed E-state index contributed by atoms with van der Waals surface area (Å²) in [5, 5.41) is 9.49. The van der Waals surface area contributed by atoms with Crippen LogP contribution in [0.1, 0.15) is 36.0 Å². The van der Waals surface area contributed by atoms with Crippen LogP contribution in [0.3, 0.4) is 0 Å². The molecule has 0 atom stereocenters. The minimum Gasteiger partial charge on any atom is -0.486 e. The molecule has 1 aliphatic rings. The molecule has 0 aliphatic heterocycles. The van der Waals surface area contributed by atoms with Crippen molar-refractivity contribution in [3.8, 4) is 5.75 Å². The van der Waals surface area contributed by atoms with Gasteiger partial charge in [0.15, 0.2) is 11.6 Å². The molecule has 1 aliphatic carbocycles. The van der Waals surface area contributed by atoms with Crippen LogP contribution in [0.15, 0.2) is 42.5 Å². The molecule has 4 heteroatoms. The highest BCUT2D eigenvalue weighted by Crippen LogP contribution is 2.45. The van der Waals surface area contributed by atoms with Crippen LogP contribution >= 0.6 is 0 Å². The van der Waals surface area contributed by atoms with Crippen LogP contribution < -0.4 is 4.74 Å². The van der Waals surface area contributed by atoms with Crippen molar-refractivity contribution >= 4 is 5.97 Å². The molecule has 120 valence electrons. The number of rotatable bonds is 5. The van der Waals surface area contributed by atoms with Crippen molar-refractivity contribution in [2.24, 2.45) is 0 Å². The van der Waals surface area contributed by atoms with E-state index >= 15 is 0 Å². The van der Waals surface area contributed by atoms with Gasteiger partial charge in [0.2, 0.25) is 0 Å². The fourth-order valence-electron chi connectivity index (χ4n) is 3.08. The quantitative estimate of drug-likeness (QED) is 0.899. The number of hydrogen-bond acceptors (Lipinski definition) is 2. The summed E-state index contributed by atoms with van der Waals surface area (Å²) in [5.41, 5.74) is 1.20. The van der Waals surface area contributed by atoms with Gasteiger partial charge in [-0.05, 0) is 42.5 Å². The number of ether oxygens (including phenoxy) is 1. The molecule has 2 aromatic carbocycles. The van der Waals surface area contributed by atoms with Gasteiger partial charge in [-0.1, -0.05) is 42.8 Å². The molecule has 0 heterocycles. The molecule has 0 aromatic heterocycles. The molecule has 0 spiro atoms. The predicted molar refractivity (Wildman–Crippen MR) is 85.1 cm³/mol. The molecule has 3 rings (SSSR count). The van der Waals surface area contributed by atoms with E-state index in [1.165, 1.54) is 6.07 Å². The molecule has 23 heavy (non-hydrogen) atoms. The molecule has 3 nitrogen and oxygen atoms in total. The molecule has 0 unspecified atom stereocenters.